The number of β-amino-alcohol motifs (C(OH)–C–C–N with tert-alkyl or cyclic N) is 1. The fraction of sp³-hybridized carbons (Fsp3) is 0.433. The number of aromatic nitrogens is 8. The molecule has 81 heavy (non-hydrogen) atoms. The molecule has 6 atom stereocenters. The van der Waals surface area contributed by atoms with Gasteiger partial charge in [0.2, 0.25) is 11.8 Å². The Balaban J connectivity index is 0.823. The van der Waals surface area contributed by atoms with Gasteiger partial charge >= 0.3 is 6.01 Å². The first-order chi connectivity index (χ1) is 39.3. The van der Waals surface area contributed by atoms with E-state index < -0.39 is 30.1 Å². The number of likely N-dealkylation sites (N-methyl/N-ethyl adjacent to an activating group) is 1. The number of nitrogens with zero attached hydrogens (tertiary/aromatic N) is 9. The van der Waals surface area contributed by atoms with Gasteiger partial charge in [0.1, 0.15) is 41.5 Å². The summed E-state index contributed by atoms with van der Waals surface area (Å²) in [7, 11) is 2.07. The SMILES string of the molecule is Cc1ncsc1-c1ccc([C@H](CO)NC(=O)[C@@H]2C[C@@H](O)CN2C(=O)[C@H](C(C)C)n2cc(-c3ccc(COc4c(-c5c(C)c(F)cc6[nH]ncc56)c(C5CC5)cc5c(N(C)[C@H]6CCNC6)nc(OC[C@H]6CCOC6)nc45)cc3)nn2)cc1. The molecule has 0 radical (unpaired) electrons. The molecule has 7 heterocycles. The smallest absolute Gasteiger partial charge is 0.319 e. The summed E-state index contributed by atoms with van der Waals surface area (Å²) in [5.74, 6) is 0.180. The number of aryl methyl sites for hydroxylation is 1. The lowest BCUT2D eigenvalue weighted by Gasteiger charge is -2.30. The number of hydrogen-bond acceptors (Lipinski definition) is 16. The Morgan fingerprint density at radius 3 is 2.51 bits per heavy atom. The molecular weight excluding hydrogens is 1050 g/mol. The standard InChI is InChI=1S/C60H67FN12O7S/c1-32(2)54(59(77)72-25-42(75)20-50(72)58(76)65-49(27-74)39-12-14-40(15-13-39)56-34(4)63-31-81-56)73-26-48(69-70-73)38-8-6-35(7-9-38)29-79-55-52(51-33(3)46(61)22-47-45(51)24-64-68-47)43(37-10-11-37)21-44-53(55)66-60(80-30-36-17-19-78-28-36)67-57(44)71(5)41-16-18-62-23-41/h6-9,12-15,21-22,24,26,31-32,36-37,41-42,49-50,54,62,74-75H,10-11,16-20,23,25,27-30H2,1-5H3,(H,64,68)(H,65,76)/t36-,41-,42+,49-,50-,54-/m0/s1. The summed E-state index contributed by atoms with van der Waals surface area (Å²) in [5.41, 5.74) is 10.6. The maximum atomic E-state index is 16.1. The third-order valence-electron chi connectivity index (χ3n) is 16.5. The number of H-pyrrole nitrogens is 1. The van der Waals surface area contributed by atoms with Gasteiger partial charge in [-0.2, -0.15) is 15.1 Å². The molecule has 0 bridgehead atoms. The Hall–Kier alpha value is -7.43. The Morgan fingerprint density at radius 1 is 1.00 bits per heavy atom. The van der Waals surface area contributed by atoms with Gasteiger partial charge in [0.25, 0.3) is 0 Å². The fourth-order valence-electron chi connectivity index (χ4n) is 11.8. The summed E-state index contributed by atoms with van der Waals surface area (Å²) < 4.78 is 36.9. The summed E-state index contributed by atoms with van der Waals surface area (Å²) in [6.07, 6.45) is 6.37. The molecule has 4 fully saturated rings. The fourth-order valence-corrected chi connectivity index (χ4v) is 12.6. The van der Waals surface area contributed by atoms with Gasteiger partial charge in [0.15, 0.2) is 5.75 Å². The summed E-state index contributed by atoms with van der Waals surface area (Å²) in [6.45, 7) is 10.7. The topological polar surface area (TPSA) is 231 Å². The summed E-state index contributed by atoms with van der Waals surface area (Å²) in [6, 6.07) is 16.9. The van der Waals surface area contributed by atoms with Crippen LogP contribution in [0.5, 0.6) is 11.8 Å². The van der Waals surface area contributed by atoms with Crippen molar-refractivity contribution in [1.82, 2.24) is 55.7 Å². The van der Waals surface area contributed by atoms with Crippen LogP contribution in [0.25, 0.3) is 54.6 Å². The van der Waals surface area contributed by atoms with Crippen molar-refractivity contribution in [2.24, 2.45) is 11.8 Å². The van der Waals surface area contributed by atoms with Crippen LogP contribution in [0.4, 0.5) is 10.2 Å². The van der Waals surface area contributed by atoms with Gasteiger partial charge in [-0.1, -0.05) is 67.6 Å². The molecular formula is C60H67FN12O7S. The number of aliphatic hydroxyl groups is 2. The first kappa shape index (κ1) is 54.2. The number of hydrogen-bond donors (Lipinski definition) is 5. The molecule has 1 aliphatic carbocycles. The van der Waals surface area contributed by atoms with Gasteiger partial charge < -0.3 is 44.9 Å². The van der Waals surface area contributed by atoms with Crippen molar-refractivity contribution < 1.29 is 38.4 Å². The molecule has 422 valence electrons. The van der Waals surface area contributed by atoms with Gasteiger partial charge in [-0.3, -0.25) is 14.7 Å². The number of rotatable bonds is 19. The van der Waals surface area contributed by atoms with Gasteiger partial charge in [0.05, 0.1) is 66.0 Å². The quantitative estimate of drug-likeness (QED) is 0.0517. The second kappa shape index (κ2) is 22.8. The monoisotopic (exact) mass is 1120 g/mol. The van der Waals surface area contributed by atoms with Crippen molar-refractivity contribution in [3.63, 3.8) is 0 Å². The van der Waals surface area contributed by atoms with E-state index in [1.165, 1.54) is 15.6 Å². The number of benzene rings is 4. The molecule has 2 amide bonds. The number of carbonyl (C=O) groups is 2. The number of likely N-dealkylation sites (tertiary alicyclic amines) is 1. The minimum absolute atomic E-state index is 0.0376. The van der Waals surface area contributed by atoms with E-state index in [-0.39, 0.29) is 67.7 Å². The van der Waals surface area contributed by atoms with E-state index in [1.54, 1.807) is 36.2 Å². The highest BCUT2D eigenvalue weighted by atomic mass is 32.1. The number of ether oxygens (including phenoxy) is 3. The molecule has 1 saturated carbocycles. The molecule has 21 heteroatoms. The zero-order valence-electron chi connectivity index (χ0n) is 46.1. The van der Waals surface area contributed by atoms with Gasteiger partial charge in [0, 0.05) is 72.6 Å². The van der Waals surface area contributed by atoms with Crippen molar-refractivity contribution in [2.45, 2.75) is 103 Å². The minimum Gasteiger partial charge on any atom is -0.486 e. The van der Waals surface area contributed by atoms with E-state index in [0.717, 1.165) is 93.8 Å². The summed E-state index contributed by atoms with van der Waals surface area (Å²) in [5, 5.41) is 45.7. The Kier molecular flexibility index (Phi) is 15.3. The second-order valence-electron chi connectivity index (χ2n) is 22.4. The van der Waals surface area contributed by atoms with Crippen LogP contribution in [-0.4, -0.2) is 138 Å². The van der Waals surface area contributed by atoms with Crippen LogP contribution in [-0.2, 0) is 20.9 Å². The predicted octanol–water partition coefficient (Wildman–Crippen LogP) is 7.99. The first-order valence-electron chi connectivity index (χ1n) is 28.0. The average Bonchev–Trinajstić information content (AvgIpc) is 4.30. The third-order valence-corrected chi connectivity index (χ3v) is 17.5. The highest BCUT2D eigenvalue weighted by Gasteiger charge is 2.43. The van der Waals surface area contributed by atoms with Crippen LogP contribution >= 0.6 is 11.3 Å². The molecule has 4 aromatic heterocycles. The van der Waals surface area contributed by atoms with Gasteiger partial charge in [-0.05, 0) is 97.9 Å². The molecule has 12 rings (SSSR count). The van der Waals surface area contributed by atoms with Crippen LogP contribution in [0.1, 0.15) is 91.9 Å². The van der Waals surface area contributed by atoms with E-state index in [0.29, 0.717) is 59.0 Å². The number of aliphatic hydroxyl groups excluding tert-OH is 2. The normalized spacial score (nSPS) is 19.9. The van der Waals surface area contributed by atoms with Crippen molar-refractivity contribution in [2.75, 3.05) is 58.0 Å². The molecule has 0 unspecified atom stereocenters. The summed E-state index contributed by atoms with van der Waals surface area (Å²) >= 11 is 1.54. The lowest BCUT2D eigenvalue weighted by molar-refractivity contribution is -0.142. The van der Waals surface area contributed by atoms with Gasteiger partial charge in [-0.15, -0.1) is 16.4 Å². The molecule has 4 aliphatic rings. The lowest BCUT2D eigenvalue weighted by atomic mass is 9.88. The first-order valence-corrected chi connectivity index (χ1v) is 28.9. The van der Waals surface area contributed by atoms with E-state index in [9.17, 15) is 19.8 Å². The third kappa shape index (κ3) is 10.8. The van der Waals surface area contributed by atoms with Crippen LogP contribution in [0.3, 0.4) is 0 Å². The molecule has 19 nitrogen and oxygen atoms in total. The largest absolute Gasteiger partial charge is 0.486 e. The molecule has 3 saturated heterocycles. The van der Waals surface area contributed by atoms with E-state index in [2.05, 4.69) is 54.1 Å². The molecule has 8 aromatic rings. The Bertz CT molecular complexity index is 3590. The van der Waals surface area contributed by atoms with Crippen LogP contribution in [0, 0.1) is 31.5 Å². The van der Waals surface area contributed by atoms with Crippen molar-refractivity contribution in [3.05, 3.63) is 112 Å². The predicted molar refractivity (Wildman–Crippen MR) is 305 cm³/mol. The zero-order valence-corrected chi connectivity index (χ0v) is 46.9. The molecule has 5 N–H and O–H groups in total. The minimum atomic E-state index is -0.979. The number of halogens is 1. The van der Waals surface area contributed by atoms with E-state index >= 15 is 4.39 Å². The number of nitrogens with one attached hydrogen (secondary N) is 3. The van der Waals surface area contributed by atoms with Crippen LogP contribution in [0.2, 0.25) is 0 Å². The highest BCUT2D eigenvalue weighted by molar-refractivity contribution is 7.13. The molecule has 3 aliphatic heterocycles. The van der Waals surface area contributed by atoms with E-state index in [4.69, 9.17) is 24.2 Å². The molecule has 0 spiro atoms. The van der Waals surface area contributed by atoms with Crippen molar-refractivity contribution >= 4 is 50.8 Å². The highest BCUT2D eigenvalue weighted by Crippen LogP contribution is 2.53. The number of thiazole rings is 1. The number of aromatic amines is 1. The number of fused-ring (bicyclic) bond motifs is 2. The molecule has 4 aromatic carbocycles. The number of anilines is 1. The maximum Gasteiger partial charge on any atom is 0.319 e. The van der Waals surface area contributed by atoms with Crippen LogP contribution < -0.4 is 25.0 Å². The Labute approximate surface area is 472 Å². The lowest BCUT2D eigenvalue weighted by Crippen LogP contribution is -2.50. The van der Waals surface area contributed by atoms with Crippen molar-refractivity contribution in [1.29, 1.82) is 0 Å². The van der Waals surface area contributed by atoms with E-state index in [1.807, 2.05) is 69.3 Å². The average molecular weight is 1120 g/mol. The number of amides is 2. The maximum absolute atomic E-state index is 16.1. The van der Waals surface area contributed by atoms with Gasteiger partial charge in [-0.25, -0.2) is 14.1 Å². The number of carbonyl (C=O) groups excluding carboxylic acids is 2. The summed E-state index contributed by atoms with van der Waals surface area (Å²) in [4.78, 5) is 48.0. The Morgan fingerprint density at radius 2 is 1.80 bits per heavy atom. The van der Waals surface area contributed by atoms with Crippen LogP contribution in [0.15, 0.2) is 78.6 Å². The van der Waals surface area contributed by atoms with Crippen molar-refractivity contribution in [3.8, 4) is 44.6 Å². The zero-order chi connectivity index (χ0) is 56.1. The second-order valence-corrected chi connectivity index (χ2v) is 23.3.